The molecule has 0 aliphatic heterocycles. The molecule has 0 unspecified atom stereocenters. The Morgan fingerprint density at radius 2 is 2.20 bits per heavy atom. The van der Waals surface area contributed by atoms with Gasteiger partial charge in [-0.1, -0.05) is 12.1 Å². The van der Waals surface area contributed by atoms with E-state index in [-0.39, 0.29) is 19.0 Å². The fraction of sp³-hybridized carbons (Fsp3) is 0.267. The molecule has 0 aliphatic rings. The number of halogens is 1. The van der Waals surface area contributed by atoms with Crippen molar-refractivity contribution in [1.29, 1.82) is 0 Å². The molecular formula is C15H17FN2O2. The van der Waals surface area contributed by atoms with E-state index in [1.165, 1.54) is 18.3 Å². The fourth-order valence-electron chi connectivity index (χ4n) is 1.69. The van der Waals surface area contributed by atoms with Gasteiger partial charge in [-0.05, 0) is 36.8 Å². The molecule has 1 atom stereocenters. The maximum atomic E-state index is 13.3. The first kappa shape index (κ1) is 14.3. The molecule has 0 saturated heterocycles. The van der Waals surface area contributed by atoms with E-state index >= 15 is 0 Å². The summed E-state index contributed by atoms with van der Waals surface area (Å²) < 4.78 is 18.8. The van der Waals surface area contributed by atoms with Gasteiger partial charge in [0.15, 0.2) is 11.6 Å². The average Bonchev–Trinajstić information content (AvgIpc) is 2.44. The highest BCUT2D eigenvalue weighted by atomic mass is 19.1. The van der Waals surface area contributed by atoms with Crippen molar-refractivity contribution in [2.45, 2.75) is 13.0 Å². The van der Waals surface area contributed by atoms with Gasteiger partial charge in [-0.2, -0.15) is 0 Å². The molecular weight excluding hydrogens is 259 g/mol. The van der Waals surface area contributed by atoms with Crippen LogP contribution < -0.4 is 10.1 Å². The number of aromatic nitrogens is 1. The first-order chi connectivity index (χ1) is 9.65. The topological polar surface area (TPSA) is 54.4 Å². The maximum absolute atomic E-state index is 13.3. The summed E-state index contributed by atoms with van der Waals surface area (Å²) in [6.07, 6.45) is 0.734. The van der Waals surface area contributed by atoms with E-state index in [0.717, 1.165) is 5.56 Å². The predicted octanol–water partition coefficient (Wildman–Crippen LogP) is 2.38. The highest BCUT2D eigenvalue weighted by Crippen LogP contribution is 2.13. The first-order valence-electron chi connectivity index (χ1n) is 6.37. The lowest BCUT2D eigenvalue weighted by Crippen LogP contribution is -2.26. The molecule has 5 heteroatoms. The Balaban J connectivity index is 1.78. The van der Waals surface area contributed by atoms with E-state index in [9.17, 15) is 9.50 Å². The first-order valence-corrected chi connectivity index (χ1v) is 6.37. The molecule has 0 radical (unpaired) electrons. The van der Waals surface area contributed by atoms with E-state index < -0.39 is 11.9 Å². The van der Waals surface area contributed by atoms with Crippen molar-refractivity contribution in [1.82, 2.24) is 4.98 Å². The number of ether oxygens (including phenoxy) is 1. The molecule has 0 amide bonds. The zero-order valence-corrected chi connectivity index (χ0v) is 11.2. The quantitative estimate of drug-likeness (QED) is 0.850. The molecule has 1 aromatic heterocycles. The van der Waals surface area contributed by atoms with Crippen LogP contribution in [-0.4, -0.2) is 29.3 Å². The van der Waals surface area contributed by atoms with Crippen molar-refractivity contribution in [2.24, 2.45) is 0 Å². The van der Waals surface area contributed by atoms with Crippen LogP contribution in [0.4, 0.5) is 10.2 Å². The molecule has 2 aromatic rings. The van der Waals surface area contributed by atoms with Crippen LogP contribution in [-0.2, 0) is 0 Å². The minimum absolute atomic E-state index is 0.127. The van der Waals surface area contributed by atoms with Crippen LogP contribution in [0.2, 0.25) is 0 Å². The number of aliphatic hydroxyl groups excluding tert-OH is 1. The highest BCUT2D eigenvalue weighted by Gasteiger charge is 2.08. The average molecular weight is 276 g/mol. The molecule has 2 N–H and O–H groups in total. The zero-order valence-electron chi connectivity index (χ0n) is 11.2. The number of pyridine rings is 1. The van der Waals surface area contributed by atoms with Gasteiger partial charge in [0.05, 0.1) is 0 Å². The standard InChI is InChI=1S/C15H17FN2O2/c1-11-4-2-5-13(8-11)20-10-12(19)9-18-15-14(16)6-3-7-17-15/h2-8,12,19H,9-10H2,1H3,(H,17,18)/t12-/m1/s1. The minimum atomic E-state index is -0.753. The van der Waals surface area contributed by atoms with Crippen molar-refractivity contribution in [3.63, 3.8) is 0 Å². The van der Waals surface area contributed by atoms with E-state index in [1.54, 1.807) is 0 Å². The lowest BCUT2D eigenvalue weighted by atomic mass is 10.2. The maximum Gasteiger partial charge on any atom is 0.165 e. The summed E-state index contributed by atoms with van der Waals surface area (Å²) in [5.41, 5.74) is 1.09. The molecule has 4 nitrogen and oxygen atoms in total. The summed E-state index contributed by atoms with van der Waals surface area (Å²) in [4.78, 5) is 3.84. The van der Waals surface area contributed by atoms with Gasteiger partial charge in [-0.15, -0.1) is 0 Å². The van der Waals surface area contributed by atoms with Gasteiger partial charge >= 0.3 is 0 Å². The monoisotopic (exact) mass is 276 g/mol. The van der Waals surface area contributed by atoms with Crippen molar-refractivity contribution in [3.8, 4) is 5.75 Å². The van der Waals surface area contributed by atoms with Crippen LogP contribution in [0, 0.1) is 12.7 Å². The number of rotatable bonds is 6. The third-order valence-electron chi connectivity index (χ3n) is 2.70. The molecule has 0 saturated carbocycles. The Hall–Kier alpha value is -2.14. The molecule has 20 heavy (non-hydrogen) atoms. The molecule has 1 aromatic carbocycles. The number of aliphatic hydroxyl groups is 1. The third kappa shape index (κ3) is 4.20. The summed E-state index contributed by atoms with van der Waals surface area (Å²) in [5.74, 6) is 0.384. The number of benzene rings is 1. The molecule has 0 spiro atoms. The third-order valence-corrected chi connectivity index (χ3v) is 2.70. The molecule has 0 fully saturated rings. The lowest BCUT2D eigenvalue weighted by molar-refractivity contribution is 0.117. The summed E-state index contributed by atoms with van der Waals surface area (Å²) in [7, 11) is 0. The van der Waals surface area contributed by atoms with E-state index in [0.29, 0.717) is 5.75 Å². The van der Waals surface area contributed by atoms with E-state index in [1.807, 2.05) is 31.2 Å². The second kappa shape index (κ2) is 6.86. The van der Waals surface area contributed by atoms with Crippen molar-refractivity contribution in [3.05, 3.63) is 54.0 Å². The number of aryl methyl sites for hydroxylation is 1. The Morgan fingerprint density at radius 3 is 2.95 bits per heavy atom. The minimum Gasteiger partial charge on any atom is -0.491 e. The highest BCUT2D eigenvalue weighted by molar-refractivity contribution is 5.35. The summed E-state index contributed by atoms with van der Waals surface area (Å²) in [6, 6.07) is 10.4. The molecule has 1 heterocycles. The van der Waals surface area contributed by atoms with Crippen LogP contribution in [0.25, 0.3) is 0 Å². The van der Waals surface area contributed by atoms with Gasteiger partial charge < -0.3 is 15.2 Å². The summed E-state index contributed by atoms with van der Waals surface area (Å²) in [6.45, 7) is 2.26. The van der Waals surface area contributed by atoms with Gasteiger partial charge in [0.1, 0.15) is 18.5 Å². The molecule has 2 rings (SSSR count). The molecule has 106 valence electrons. The van der Waals surface area contributed by atoms with Gasteiger partial charge in [-0.25, -0.2) is 9.37 Å². The number of hydrogen-bond donors (Lipinski definition) is 2. The Labute approximate surface area is 117 Å². The smallest absolute Gasteiger partial charge is 0.165 e. The van der Waals surface area contributed by atoms with Gasteiger partial charge in [0, 0.05) is 12.7 Å². The normalized spacial score (nSPS) is 11.9. The van der Waals surface area contributed by atoms with Crippen molar-refractivity contribution < 1.29 is 14.2 Å². The van der Waals surface area contributed by atoms with Crippen LogP contribution >= 0.6 is 0 Å². The van der Waals surface area contributed by atoms with Crippen LogP contribution in [0.1, 0.15) is 5.56 Å². The largest absolute Gasteiger partial charge is 0.491 e. The number of nitrogens with one attached hydrogen (secondary N) is 1. The van der Waals surface area contributed by atoms with Crippen LogP contribution in [0.5, 0.6) is 5.75 Å². The Bertz CT molecular complexity index is 563. The Morgan fingerprint density at radius 1 is 1.35 bits per heavy atom. The van der Waals surface area contributed by atoms with Crippen LogP contribution in [0.3, 0.4) is 0 Å². The summed E-state index contributed by atoms with van der Waals surface area (Å²) in [5, 5.41) is 12.5. The second-order valence-electron chi connectivity index (χ2n) is 4.50. The van der Waals surface area contributed by atoms with Crippen LogP contribution in [0.15, 0.2) is 42.6 Å². The number of anilines is 1. The van der Waals surface area contributed by atoms with E-state index in [4.69, 9.17) is 4.74 Å². The van der Waals surface area contributed by atoms with Gasteiger partial charge in [0.2, 0.25) is 0 Å². The lowest BCUT2D eigenvalue weighted by Gasteiger charge is -2.14. The second-order valence-corrected chi connectivity index (χ2v) is 4.50. The van der Waals surface area contributed by atoms with Crippen molar-refractivity contribution in [2.75, 3.05) is 18.5 Å². The van der Waals surface area contributed by atoms with Gasteiger partial charge in [0.25, 0.3) is 0 Å². The van der Waals surface area contributed by atoms with E-state index in [2.05, 4.69) is 10.3 Å². The fourth-order valence-corrected chi connectivity index (χ4v) is 1.69. The zero-order chi connectivity index (χ0) is 14.4. The molecule has 0 aliphatic carbocycles. The number of hydrogen-bond acceptors (Lipinski definition) is 4. The molecule has 0 bridgehead atoms. The summed E-state index contributed by atoms with van der Waals surface area (Å²) >= 11 is 0. The SMILES string of the molecule is Cc1cccc(OC[C@H](O)CNc2ncccc2F)c1. The Kier molecular flexibility index (Phi) is 4.90. The predicted molar refractivity (Wildman–Crippen MR) is 75.4 cm³/mol. The van der Waals surface area contributed by atoms with Crippen molar-refractivity contribution >= 4 is 5.82 Å². The number of nitrogens with zero attached hydrogens (tertiary/aromatic N) is 1. The van der Waals surface area contributed by atoms with Gasteiger partial charge in [-0.3, -0.25) is 0 Å².